The minimum Gasteiger partial charge on any atom is -0.478 e. The van der Waals surface area contributed by atoms with Crippen molar-refractivity contribution in [1.82, 2.24) is 0 Å². The highest BCUT2D eigenvalue weighted by atomic mass is 16.4. The van der Waals surface area contributed by atoms with Gasteiger partial charge in [-0.2, -0.15) is 0 Å². The van der Waals surface area contributed by atoms with Gasteiger partial charge in [0.05, 0.1) is 0 Å². The van der Waals surface area contributed by atoms with E-state index in [9.17, 15) is 4.79 Å². The van der Waals surface area contributed by atoms with Gasteiger partial charge in [-0.05, 0) is 17.9 Å². The van der Waals surface area contributed by atoms with Crippen LogP contribution >= 0.6 is 0 Å². The molecule has 3 heteroatoms. The Morgan fingerprint density at radius 2 is 2.33 bits per heavy atom. The van der Waals surface area contributed by atoms with Gasteiger partial charge in [0, 0.05) is 18.3 Å². The van der Waals surface area contributed by atoms with E-state index in [4.69, 9.17) is 5.11 Å². The van der Waals surface area contributed by atoms with Crippen LogP contribution in [0.1, 0.15) is 20.3 Å². The molecule has 0 aromatic heterocycles. The predicted octanol–water partition coefficient (Wildman–Crippen LogP) is 1.50. The molecule has 1 aliphatic heterocycles. The molecule has 0 aromatic rings. The molecule has 66 valence electrons. The molecular weight excluding hydrogens is 154 g/mol. The second kappa shape index (κ2) is 3.52. The lowest BCUT2D eigenvalue weighted by Crippen LogP contribution is -2.14. The van der Waals surface area contributed by atoms with Crippen molar-refractivity contribution in [2.45, 2.75) is 20.3 Å². The number of hydrogen-bond acceptors (Lipinski definition) is 2. The molecule has 0 aliphatic carbocycles. The van der Waals surface area contributed by atoms with Crippen LogP contribution in [0.25, 0.3) is 0 Å². The molecule has 0 radical (unpaired) electrons. The van der Waals surface area contributed by atoms with Crippen LogP contribution < -0.4 is 0 Å². The summed E-state index contributed by atoms with van der Waals surface area (Å²) in [5.41, 5.74) is 1.40. The van der Waals surface area contributed by atoms with Crippen molar-refractivity contribution in [3.05, 3.63) is 11.1 Å². The fourth-order valence-electron chi connectivity index (χ4n) is 1.29. The van der Waals surface area contributed by atoms with E-state index >= 15 is 0 Å². The topological polar surface area (TPSA) is 49.7 Å². The minimum absolute atomic E-state index is 0.250. The monoisotopic (exact) mass is 167 g/mol. The van der Waals surface area contributed by atoms with Gasteiger partial charge in [0.2, 0.25) is 0 Å². The summed E-state index contributed by atoms with van der Waals surface area (Å²) in [6.07, 6.45) is 2.26. The van der Waals surface area contributed by atoms with Crippen LogP contribution in [0.2, 0.25) is 0 Å². The van der Waals surface area contributed by atoms with E-state index in [2.05, 4.69) is 4.99 Å². The third-order valence-corrected chi connectivity index (χ3v) is 1.95. The zero-order valence-electron chi connectivity index (χ0n) is 7.37. The molecular formula is C9H13NO2. The van der Waals surface area contributed by atoms with Crippen LogP contribution in [-0.2, 0) is 4.79 Å². The van der Waals surface area contributed by atoms with E-state index in [0.717, 1.165) is 5.57 Å². The molecule has 3 nitrogen and oxygen atoms in total. The van der Waals surface area contributed by atoms with E-state index in [-0.39, 0.29) is 5.92 Å². The van der Waals surface area contributed by atoms with Crippen molar-refractivity contribution in [3.63, 3.8) is 0 Å². The number of aliphatic carboxylic acids is 1. The quantitative estimate of drug-likeness (QED) is 0.677. The van der Waals surface area contributed by atoms with Gasteiger partial charge in [-0.15, -0.1) is 0 Å². The largest absolute Gasteiger partial charge is 0.478 e. The predicted molar refractivity (Wildman–Crippen MR) is 47.5 cm³/mol. The SMILES string of the molecule is CC(C)C1=C(C(=O)O)CCN=C1. The first-order valence-electron chi connectivity index (χ1n) is 4.09. The fraction of sp³-hybridized carbons (Fsp3) is 0.556. The number of dihydropyridines is 1. The number of carboxylic acid groups (broad SMARTS) is 1. The standard InChI is InChI=1S/C9H13NO2/c1-6(2)8-5-10-4-3-7(8)9(11)12/h5-6H,3-4H2,1-2H3,(H,11,12). The van der Waals surface area contributed by atoms with Gasteiger partial charge >= 0.3 is 5.97 Å². The van der Waals surface area contributed by atoms with Crippen LogP contribution in [0, 0.1) is 5.92 Å². The van der Waals surface area contributed by atoms with E-state index in [1.807, 2.05) is 13.8 Å². The second-order valence-electron chi connectivity index (χ2n) is 3.18. The number of aliphatic imine (C=N–C) groups is 1. The lowest BCUT2D eigenvalue weighted by molar-refractivity contribution is -0.132. The van der Waals surface area contributed by atoms with Gasteiger partial charge in [0.1, 0.15) is 0 Å². The molecule has 12 heavy (non-hydrogen) atoms. The van der Waals surface area contributed by atoms with Crippen molar-refractivity contribution < 1.29 is 9.90 Å². The number of hydrogen-bond donors (Lipinski definition) is 1. The van der Waals surface area contributed by atoms with E-state index < -0.39 is 5.97 Å². The Hall–Kier alpha value is -1.12. The van der Waals surface area contributed by atoms with E-state index in [1.54, 1.807) is 6.21 Å². The number of carboxylic acids is 1. The summed E-state index contributed by atoms with van der Waals surface area (Å²) in [7, 11) is 0. The average Bonchev–Trinajstić information content (AvgIpc) is 2.04. The summed E-state index contributed by atoms with van der Waals surface area (Å²) < 4.78 is 0. The van der Waals surface area contributed by atoms with Gasteiger partial charge in [0.15, 0.2) is 0 Å². The van der Waals surface area contributed by atoms with Gasteiger partial charge in [0.25, 0.3) is 0 Å². The molecule has 0 bridgehead atoms. The molecule has 0 atom stereocenters. The Morgan fingerprint density at radius 3 is 2.75 bits per heavy atom. The Bertz CT molecular complexity index is 251. The van der Waals surface area contributed by atoms with Crippen molar-refractivity contribution in [3.8, 4) is 0 Å². The lowest BCUT2D eigenvalue weighted by Gasteiger charge is -2.14. The summed E-state index contributed by atoms with van der Waals surface area (Å²) in [5, 5.41) is 8.84. The first kappa shape index (κ1) is 8.97. The number of allylic oxidation sites excluding steroid dienone is 1. The molecule has 0 aromatic carbocycles. The number of nitrogens with zero attached hydrogens (tertiary/aromatic N) is 1. The third-order valence-electron chi connectivity index (χ3n) is 1.95. The first-order valence-corrected chi connectivity index (χ1v) is 4.09. The van der Waals surface area contributed by atoms with E-state index in [1.165, 1.54) is 0 Å². The smallest absolute Gasteiger partial charge is 0.331 e. The lowest BCUT2D eigenvalue weighted by atomic mass is 9.94. The van der Waals surface area contributed by atoms with Crippen molar-refractivity contribution >= 4 is 12.2 Å². The maximum Gasteiger partial charge on any atom is 0.331 e. The summed E-state index contributed by atoms with van der Waals surface area (Å²) in [5.74, 6) is -0.551. The highest BCUT2D eigenvalue weighted by Crippen LogP contribution is 2.19. The Morgan fingerprint density at radius 1 is 1.67 bits per heavy atom. The van der Waals surface area contributed by atoms with E-state index in [0.29, 0.717) is 18.5 Å². The molecule has 0 saturated carbocycles. The maximum atomic E-state index is 10.7. The zero-order chi connectivity index (χ0) is 9.14. The number of carbonyl (C=O) groups is 1. The molecule has 0 saturated heterocycles. The molecule has 1 heterocycles. The summed E-state index contributed by atoms with van der Waals surface area (Å²) in [6.45, 7) is 4.57. The fourth-order valence-corrected chi connectivity index (χ4v) is 1.29. The Kier molecular flexibility index (Phi) is 2.63. The molecule has 1 rings (SSSR count). The molecule has 0 spiro atoms. The summed E-state index contributed by atoms with van der Waals surface area (Å²) in [4.78, 5) is 14.8. The van der Waals surface area contributed by atoms with Gasteiger partial charge in [-0.25, -0.2) is 4.79 Å². The van der Waals surface area contributed by atoms with Crippen LogP contribution in [0.5, 0.6) is 0 Å². The van der Waals surface area contributed by atoms with Crippen LogP contribution in [-0.4, -0.2) is 23.8 Å². The highest BCUT2D eigenvalue weighted by molar-refractivity contribution is 5.96. The van der Waals surface area contributed by atoms with Crippen molar-refractivity contribution in [1.29, 1.82) is 0 Å². The number of rotatable bonds is 2. The highest BCUT2D eigenvalue weighted by Gasteiger charge is 2.17. The molecule has 0 fully saturated rings. The zero-order valence-corrected chi connectivity index (χ0v) is 7.37. The molecule has 1 N–H and O–H groups in total. The third kappa shape index (κ3) is 1.72. The minimum atomic E-state index is -0.801. The second-order valence-corrected chi connectivity index (χ2v) is 3.18. The Labute approximate surface area is 71.8 Å². The molecule has 1 aliphatic rings. The van der Waals surface area contributed by atoms with Crippen LogP contribution in [0.4, 0.5) is 0 Å². The van der Waals surface area contributed by atoms with Crippen LogP contribution in [0.15, 0.2) is 16.1 Å². The summed E-state index contributed by atoms with van der Waals surface area (Å²) in [6, 6.07) is 0. The van der Waals surface area contributed by atoms with Crippen molar-refractivity contribution in [2.24, 2.45) is 10.9 Å². The molecule has 0 unspecified atom stereocenters. The average molecular weight is 167 g/mol. The van der Waals surface area contributed by atoms with Crippen LogP contribution in [0.3, 0.4) is 0 Å². The van der Waals surface area contributed by atoms with Gasteiger partial charge in [-0.3, -0.25) is 4.99 Å². The summed E-state index contributed by atoms with van der Waals surface area (Å²) >= 11 is 0. The molecule has 0 amide bonds. The van der Waals surface area contributed by atoms with Gasteiger partial charge < -0.3 is 5.11 Å². The Balaban J connectivity index is 3.00. The normalized spacial score (nSPS) is 17.2. The maximum absolute atomic E-state index is 10.7. The van der Waals surface area contributed by atoms with Gasteiger partial charge in [-0.1, -0.05) is 13.8 Å². The first-order chi connectivity index (χ1) is 5.63. The van der Waals surface area contributed by atoms with Crippen molar-refractivity contribution in [2.75, 3.05) is 6.54 Å².